The van der Waals surface area contributed by atoms with E-state index in [1.165, 1.54) is 0 Å². The first kappa shape index (κ1) is 13.1. The number of nitrogens with one attached hydrogen (secondary N) is 1. The van der Waals surface area contributed by atoms with Crippen LogP contribution in [0, 0.1) is 12.8 Å². The maximum Gasteiger partial charge on any atom is 0.251 e. The molecule has 0 aliphatic heterocycles. The zero-order valence-electron chi connectivity index (χ0n) is 10.9. The van der Waals surface area contributed by atoms with E-state index in [4.69, 9.17) is 0 Å². The molecular formula is C15H21NO2. The number of amides is 1. The van der Waals surface area contributed by atoms with Gasteiger partial charge in [0.2, 0.25) is 0 Å². The van der Waals surface area contributed by atoms with E-state index in [1.54, 1.807) is 0 Å². The molecule has 1 aliphatic carbocycles. The number of aryl methyl sites for hydroxylation is 1. The molecule has 1 amide bonds. The predicted molar refractivity (Wildman–Crippen MR) is 71.5 cm³/mol. The first-order valence-electron chi connectivity index (χ1n) is 6.68. The van der Waals surface area contributed by atoms with Crippen LogP contribution in [0.1, 0.15) is 41.6 Å². The molecule has 0 bridgehead atoms. The molecule has 2 N–H and O–H groups in total. The van der Waals surface area contributed by atoms with Crippen LogP contribution in [-0.4, -0.2) is 23.7 Å². The van der Waals surface area contributed by atoms with Crippen molar-refractivity contribution < 1.29 is 9.90 Å². The lowest BCUT2D eigenvalue weighted by atomic mass is 9.87. The average molecular weight is 247 g/mol. The molecule has 0 radical (unpaired) electrons. The Labute approximate surface area is 108 Å². The van der Waals surface area contributed by atoms with Crippen molar-refractivity contribution in [2.24, 2.45) is 5.92 Å². The highest BCUT2D eigenvalue weighted by Crippen LogP contribution is 2.23. The number of aliphatic hydroxyl groups is 1. The molecular weight excluding hydrogens is 226 g/mol. The summed E-state index contributed by atoms with van der Waals surface area (Å²) < 4.78 is 0. The third kappa shape index (κ3) is 3.57. The highest BCUT2D eigenvalue weighted by molar-refractivity contribution is 5.94. The number of carbonyl (C=O) groups excluding carboxylic acids is 1. The standard InChI is InChI=1S/C15H21NO2/c1-11-5-7-13(8-6-11)15(18)16-10-12-3-2-4-14(17)9-12/h5-8,12,14,17H,2-4,9-10H2,1H3,(H,16,18). The fourth-order valence-electron chi connectivity index (χ4n) is 2.49. The van der Waals surface area contributed by atoms with Gasteiger partial charge in [0.15, 0.2) is 0 Å². The first-order chi connectivity index (χ1) is 8.65. The number of benzene rings is 1. The molecule has 2 unspecified atom stereocenters. The number of aliphatic hydroxyl groups excluding tert-OH is 1. The van der Waals surface area contributed by atoms with Gasteiger partial charge < -0.3 is 10.4 Å². The third-order valence-electron chi connectivity index (χ3n) is 3.62. The number of hydrogen-bond acceptors (Lipinski definition) is 2. The molecule has 2 atom stereocenters. The van der Waals surface area contributed by atoms with Crippen LogP contribution in [0.4, 0.5) is 0 Å². The summed E-state index contributed by atoms with van der Waals surface area (Å²) >= 11 is 0. The summed E-state index contributed by atoms with van der Waals surface area (Å²) in [6.07, 6.45) is 3.70. The molecule has 0 heterocycles. The van der Waals surface area contributed by atoms with Gasteiger partial charge >= 0.3 is 0 Å². The van der Waals surface area contributed by atoms with Gasteiger partial charge in [-0.15, -0.1) is 0 Å². The monoisotopic (exact) mass is 247 g/mol. The Bertz CT molecular complexity index is 399. The van der Waals surface area contributed by atoms with Gasteiger partial charge in [0.25, 0.3) is 5.91 Å². The van der Waals surface area contributed by atoms with Gasteiger partial charge in [0.05, 0.1) is 6.10 Å². The van der Waals surface area contributed by atoms with E-state index in [2.05, 4.69) is 5.32 Å². The second kappa shape index (κ2) is 6.01. The largest absolute Gasteiger partial charge is 0.393 e. The summed E-state index contributed by atoms with van der Waals surface area (Å²) in [7, 11) is 0. The molecule has 0 saturated heterocycles. The van der Waals surface area contributed by atoms with E-state index >= 15 is 0 Å². The van der Waals surface area contributed by atoms with Crippen LogP contribution in [0.2, 0.25) is 0 Å². The van der Waals surface area contributed by atoms with Gasteiger partial charge in [0.1, 0.15) is 0 Å². The van der Waals surface area contributed by atoms with E-state index in [9.17, 15) is 9.90 Å². The zero-order chi connectivity index (χ0) is 13.0. The van der Waals surface area contributed by atoms with Gasteiger partial charge in [-0.2, -0.15) is 0 Å². The minimum atomic E-state index is -0.181. The third-order valence-corrected chi connectivity index (χ3v) is 3.62. The van der Waals surface area contributed by atoms with E-state index in [0.29, 0.717) is 18.0 Å². The molecule has 2 rings (SSSR count). The molecule has 3 nitrogen and oxygen atoms in total. The number of rotatable bonds is 3. The lowest BCUT2D eigenvalue weighted by molar-refractivity contribution is 0.0874. The summed E-state index contributed by atoms with van der Waals surface area (Å²) in [6, 6.07) is 7.58. The average Bonchev–Trinajstić information content (AvgIpc) is 2.37. The lowest BCUT2D eigenvalue weighted by Gasteiger charge is -2.25. The van der Waals surface area contributed by atoms with E-state index in [1.807, 2.05) is 31.2 Å². The SMILES string of the molecule is Cc1ccc(C(=O)NCC2CCCC(O)C2)cc1. The first-order valence-corrected chi connectivity index (χ1v) is 6.68. The van der Waals surface area contributed by atoms with Gasteiger partial charge in [-0.1, -0.05) is 24.1 Å². The van der Waals surface area contributed by atoms with Crippen LogP contribution >= 0.6 is 0 Å². The summed E-state index contributed by atoms with van der Waals surface area (Å²) in [4.78, 5) is 11.9. The van der Waals surface area contributed by atoms with Crippen molar-refractivity contribution >= 4 is 5.91 Å². The Balaban J connectivity index is 1.82. The summed E-state index contributed by atoms with van der Waals surface area (Å²) in [6.45, 7) is 2.68. The molecule has 3 heteroatoms. The molecule has 0 aromatic heterocycles. The van der Waals surface area contributed by atoms with Crippen molar-refractivity contribution in [3.63, 3.8) is 0 Å². The smallest absolute Gasteiger partial charge is 0.251 e. The minimum absolute atomic E-state index is 0.0185. The van der Waals surface area contributed by atoms with E-state index in [0.717, 1.165) is 31.2 Å². The molecule has 98 valence electrons. The molecule has 1 saturated carbocycles. The number of carbonyl (C=O) groups is 1. The van der Waals surface area contributed by atoms with Crippen LogP contribution in [0.5, 0.6) is 0 Å². The Morgan fingerprint density at radius 3 is 2.72 bits per heavy atom. The summed E-state index contributed by atoms with van der Waals surface area (Å²) in [5, 5.41) is 12.5. The maximum absolute atomic E-state index is 11.9. The summed E-state index contributed by atoms with van der Waals surface area (Å²) in [5.41, 5.74) is 1.86. The molecule has 0 spiro atoms. The van der Waals surface area contributed by atoms with Crippen molar-refractivity contribution in [2.45, 2.75) is 38.7 Å². The lowest BCUT2D eigenvalue weighted by Crippen LogP contribution is -2.32. The fraction of sp³-hybridized carbons (Fsp3) is 0.533. The maximum atomic E-state index is 11.9. The van der Waals surface area contributed by atoms with Gasteiger partial charge in [-0.05, 0) is 44.2 Å². The number of hydrogen-bond donors (Lipinski definition) is 2. The quantitative estimate of drug-likeness (QED) is 0.861. The second-order valence-corrected chi connectivity index (χ2v) is 5.26. The highest BCUT2D eigenvalue weighted by Gasteiger charge is 2.20. The van der Waals surface area contributed by atoms with E-state index in [-0.39, 0.29) is 12.0 Å². The Morgan fingerprint density at radius 2 is 2.06 bits per heavy atom. The molecule has 1 aliphatic rings. The molecule has 1 aromatic carbocycles. The fourth-order valence-corrected chi connectivity index (χ4v) is 2.49. The van der Waals surface area contributed by atoms with Crippen LogP contribution in [-0.2, 0) is 0 Å². The van der Waals surface area contributed by atoms with Crippen molar-refractivity contribution in [2.75, 3.05) is 6.54 Å². The van der Waals surface area contributed by atoms with Gasteiger partial charge in [-0.3, -0.25) is 4.79 Å². The minimum Gasteiger partial charge on any atom is -0.393 e. The zero-order valence-corrected chi connectivity index (χ0v) is 10.9. The van der Waals surface area contributed by atoms with Gasteiger partial charge in [0, 0.05) is 12.1 Å². The van der Waals surface area contributed by atoms with Crippen molar-refractivity contribution in [1.29, 1.82) is 0 Å². The second-order valence-electron chi connectivity index (χ2n) is 5.26. The normalized spacial score (nSPS) is 23.7. The summed E-state index contributed by atoms with van der Waals surface area (Å²) in [5.74, 6) is 0.401. The van der Waals surface area contributed by atoms with Crippen LogP contribution in [0.15, 0.2) is 24.3 Å². The van der Waals surface area contributed by atoms with Crippen molar-refractivity contribution in [1.82, 2.24) is 5.32 Å². The molecule has 1 fully saturated rings. The van der Waals surface area contributed by atoms with Crippen LogP contribution < -0.4 is 5.32 Å². The molecule has 18 heavy (non-hydrogen) atoms. The Morgan fingerprint density at radius 1 is 1.33 bits per heavy atom. The highest BCUT2D eigenvalue weighted by atomic mass is 16.3. The Kier molecular flexibility index (Phi) is 4.37. The Hall–Kier alpha value is -1.35. The predicted octanol–water partition coefficient (Wildman–Crippen LogP) is 2.28. The van der Waals surface area contributed by atoms with Crippen molar-refractivity contribution in [3.05, 3.63) is 35.4 Å². The van der Waals surface area contributed by atoms with Gasteiger partial charge in [-0.25, -0.2) is 0 Å². The van der Waals surface area contributed by atoms with Crippen LogP contribution in [0.25, 0.3) is 0 Å². The van der Waals surface area contributed by atoms with Crippen molar-refractivity contribution in [3.8, 4) is 0 Å². The van der Waals surface area contributed by atoms with E-state index < -0.39 is 0 Å². The topological polar surface area (TPSA) is 49.3 Å². The van der Waals surface area contributed by atoms with Crippen LogP contribution in [0.3, 0.4) is 0 Å². The molecule has 1 aromatic rings.